The molecule has 0 aromatic heterocycles. The van der Waals surface area contributed by atoms with E-state index in [0.717, 1.165) is 22.4 Å². The molecule has 5 rings (SSSR count). The van der Waals surface area contributed by atoms with Crippen LogP contribution in [0.25, 0.3) is 0 Å². The second-order valence-corrected chi connectivity index (χ2v) is 10.8. The molecule has 1 saturated heterocycles. The minimum atomic E-state index is -1.14. The lowest BCUT2D eigenvalue weighted by Gasteiger charge is -2.26. The first-order chi connectivity index (χ1) is 17.2. The highest BCUT2D eigenvalue weighted by Gasteiger charge is 2.61. The number of aryl methyl sites for hydroxylation is 1. The van der Waals surface area contributed by atoms with Crippen LogP contribution in [0, 0.1) is 30.6 Å². The van der Waals surface area contributed by atoms with Crippen LogP contribution in [-0.2, 0) is 30.3 Å². The van der Waals surface area contributed by atoms with E-state index in [1.54, 1.807) is 12.1 Å². The Hall–Kier alpha value is -2.97. The number of hydrogen-bond acceptors (Lipinski definition) is 5. The van der Waals surface area contributed by atoms with E-state index in [1.165, 1.54) is 0 Å². The van der Waals surface area contributed by atoms with Crippen LogP contribution in [0.3, 0.4) is 0 Å². The Labute approximate surface area is 221 Å². The van der Waals surface area contributed by atoms with Gasteiger partial charge in [-0.25, -0.2) is 4.79 Å². The predicted octanol–water partition coefficient (Wildman–Crippen LogP) is 4.31. The molecule has 2 aromatic carbocycles. The molecule has 2 bridgehead atoms. The van der Waals surface area contributed by atoms with Crippen molar-refractivity contribution < 1.29 is 23.9 Å². The van der Waals surface area contributed by atoms with Gasteiger partial charge in [0.2, 0.25) is 11.8 Å². The largest absolute Gasteiger partial charge is 0.454 e. The summed E-state index contributed by atoms with van der Waals surface area (Å²) in [5.74, 6) is -2.79. The van der Waals surface area contributed by atoms with Gasteiger partial charge >= 0.3 is 5.97 Å². The second-order valence-electron chi connectivity index (χ2n) is 9.49. The minimum absolute atomic E-state index is 0.0293. The van der Waals surface area contributed by atoms with E-state index < -0.39 is 36.4 Å². The van der Waals surface area contributed by atoms with Gasteiger partial charge in [-0.1, -0.05) is 54.1 Å². The summed E-state index contributed by atoms with van der Waals surface area (Å²) in [6.07, 6.45) is 4.92. The smallest absolute Gasteiger partial charge is 0.330 e. The first-order valence-corrected chi connectivity index (χ1v) is 12.9. The number of carbonyl (C=O) groups is 4. The minimum Gasteiger partial charge on any atom is -0.454 e. The maximum absolute atomic E-state index is 13.4. The number of esters is 1. The highest BCUT2D eigenvalue weighted by Crippen LogP contribution is 2.53. The average molecular weight is 572 g/mol. The molecular formula is C27H24BrClN2O5. The molecule has 0 spiro atoms. The van der Waals surface area contributed by atoms with Gasteiger partial charge in [-0.2, -0.15) is 0 Å². The number of allylic oxidation sites excluding steroid dienone is 2. The van der Waals surface area contributed by atoms with Gasteiger partial charge in [-0.15, -0.1) is 0 Å². The van der Waals surface area contributed by atoms with E-state index in [4.69, 9.17) is 16.3 Å². The Morgan fingerprint density at radius 1 is 1.11 bits per heavy atom. The molecule has 1 heterocycles. The van der Waals surface area contributed by atoms with Crippen molar-refractivity contribution in [2.24, 2.45) is 23.7 Å². The van der Waals surface area contributed by atoms with E-state index in [-0.39, 0.29) is 30.1 Å². The van der Waals surface area contributed by atoms with Crippen molar-refractivity contribution in [3.05, 3.63) is 75.2 Å². The summed E-state index contributed by atoms with van der Waals surface area (Å²) in [6, 6.07) is 11.4. The Kier molecular flexibility index (Phi) is 6.74. The van der Waals surface area contributed by atoms with Crippen LogP contribution in [0.5, 0.6) is 0 Å². The van der Waals surface area contributed by atoms with Gasteiger partial charge in [-0.3, -0.25) is 19.3 Å². The average Bonchev–Trinajstić information content (AvgIpc) is 3.54. The van der Waals surface area contributed by atoms with Crippen molar-refractivity contribution >= 4 is 56.9 Å². The number of ether oxygens (including phenoxy) is 1. The van der Waals surface area contributed by atoms with Crippen LogP contribution in [0.1, 0.15) is 17.5 Å². The van der Waals surface area contributed by atoms with Crippen LogP contribution in [0.4, 0.5) is 5.69 Å². The van der Waals surface area contributed by atoms with Crippen LogP contribution in [-0.4, -0.2) is 41.2 Å². The molecule has 0 radical (unpaired) electrons. The van der Waals surface area contributed by atoms with Crippen LogP contribution in [0.15, 0.2) is 59.1 Å². The lowest BCUT2D eigenvalue weighted by atomic mass is 9.85. The van der Waals surface area contributed by atoms with E-state index in [0.29, 0.717) is 15.2 Å². The van der Waals surface area contributed by atoms with Crippen molar-refractivity contribution in [2.45, 2.75) is 25.8 Å². The first-order valence-electron chi connectivity index (χ1n) is 11.8. The third-order valence-electron chi connectivity index (χ3n) is 7.25. The Morgan fingerprint density at radius 2 is 1.75 bits per heavy atom. The number of imide groups is 1. The molecule has 186 valence electrons. The van der Waals surface area contributed by atoms with Gasteiger partial charge in [0.05, 0.1) is 16.9 Å². The SMILES string of the molecule is Cc1cc(Br)c(Cl)cc1NC(=O)COC(=O)[C@H](Cc1ccccc1)N1C(=O)[C@@H]2[C@@H](C1=O)[C@H]1C=C[C@H]2C1. The van der Waals surface area contributed by atoms with Crippen molar-refractivity contribution in [3.8, 4) is 0 Å². The summed E-state index contributed by atoms with van der Waals surface area (Å²) in [5.41, 5.74) is 2.05. The number of rotatable bonds is 7. The summed E-state index contributed by atoms with van der Waals surface area (Å²) in [6.45, 7) is 1.25. The number of anilines is 1. The van der Waals surface area contributed by atoms with E-state index in [2.05, 4.69) is 21.2 Å². The third-order valence-corrected chi connectivity index (χ3v) is 8.44. The molecule has 1 saturated carbocycles. The zero-order valence-electron chi connectivity index (χ0n) is 19.4. The molecule has 3 aliphatic rings. The standard InChI is InChI=1S/C27H24BrClN2O5/c1-14-9-18(28)19(29)12-20(14)30-22(32)13-36-27(35)21(10-15-5-3-2-4-6-15)31-25(33)23-16-7-8-17(11-16)24(23)26(31)34/h2-9,12,16-17,21,23-24H,10-11,13H2,1H3,(H,30,32)/t16-,17-,21-,23-,24-/m0/s1. The number of fused-ring (bicyclic) bond motifs is 5. The number of halogens is 2. The summed E-state index contributed by atoms with van der Waals surface area (Å²) in [5, 5.41) is 3.11. The quantitative estimate of drug-likeness (QED) is 0.304. The number of nitrogens with one attached hydrogen (secondary N) is 1. The molecule has 3 amide bonds. The van der Waals surface area contributed by atoms with Gasteiger partial charge < -0.3 is 10.1 Å². The fourth-order valence-electron chi connectivity index (χ4n) is 5.55. The van der Waals surface area contributed by atoms with Gasteiger partial charge in [0.15, 0.2) is 6.61 Å². The number of nitrogens with zero attached hydrogens (tertiary/aromatic N) is 1. The van der Waals surface area contributed by atoms with Crippen molar-refractivity contribution in [1.82, 2.24) is 4.90 Å². The predicted molar refractivity (Wildman–Crippen MR) is 137 cm³/mol. The van der Waals surface area contributed by atoms with Gasteiger partial charge in [0, 0.05) is 16.6 Å². The topological polar surface area (TPSA) is 92.8 Å². The number of benzene rings is 2. The summed E-state index contributed by atoms with van der Waals surface area (Å²) in [4.78, 5) is 53.6. The van der Waals surface area contributed by atoms with Crippen LogP contribution in [0.2, 0.25) is 5.02 Å². The fourth-order valence-corrected chi connectivity index (χ4v) is 6.17. The zero-order valence-corrected chi connectivity index (χ0v) is 21.8. The van der Waals surface area contributed by atoms with Gasteiger partial charge in [-0.05, 0) is 64.4 Å². The lowest BCUT2D eigenvalue weighted by Crippen LogP contribution is -2.48. The molecule has 2 aliphatic carbocycles. The van der Waals surface area contributed by atoms with Crippen LogP contribution >= 0.6 is 27.5 Å². The molecule has 2 fully saturated rings. The number of carbonyl (C=O) groups excluding carboxylic acids is 4. The number of amides is 3. The summed E-state index contributed by atoms with van der Waals surface area (Å²) < 4.78 is 6.05. The van der Waals surface area contributed by atoms with Crippen LogP contribution < -0.4 is 5.32 Å². The molecule has 36 heavy (non-hydrogen) atoms. The Bertz CT molecular complexity index is 1250. The number of hydrogen-bond donors (Lipinski definition) is 1. The molecule has 5 atom stereocenters. The van der Waals surface area contributed by atoms with E-state index >= 15 is 0 Å². The Morgan fingerprint density at radius 3 is 2.39 bits per heavy atom. The van der Waals surface area contributed by atoms with Crippen molar-refractivity contribution in [2.75, 3.05) is 11.9 Å². The molecule has 1 N–H and O–H groups in total. The van der Waals surface area contributed by atoms with Crippen molar-refractivity contribution in [1.29, 1.82) is 0 Å². The van der Waals surface area contributed by atoms with E-state index in [9.17, 15) is 19.2 Å². The molecule has 7 nitrogen and oxygen atoms in total. The molecule has 9 heteroatoms. The lowest BCUT2D eigenvalue weighted by molar-refractivity contribution is -0.160. The normalized spacial score (nSPS) is 24.7. The maximum Gasteiger partial charge on any atom is 0.330 e. The monoisotopic (exact) mass is 570 g/mol. The number of likely N-dealkylation sites (tertiary alicyclic amines) is 1. The zero-order chi connectivity index (χ0) is 25.6. The maximum atomic E-state index is 13.4. The van der Waals surface area contributed by atoms with Gasteiger partial charge in [0.1, 0.15) is 6.04 Å². The molecule has 2 aromatic rings. The highest BCUT2D eigenvalue weighted by atomic mass is 79.9. The third kappa shape index (κ3) is 4.48. The molecular weight excluding hydrogens is 548 g/mol. The Balaban J connectivity index is 1.32. The first kappa shape index (κ1) is 24.7. The molecule has 1 aliphatic heterocycles. The fraction of sp³-hybridized carbons (Fsp3) is 0.333. The highest BCUT2D eigenvalue weighted by molar-refractivity contribution is 9.10. The van der Waals surface area contributed by atoms with Crippen molar-refractivity contribution in [3.63, 3.8) is 0 Å². The summed E-state index contributed by atoms with van der Waals surface area (Å²) >= 11 is 9.46. The second kappa shape index (κ2) is 9.82. The summed E-state index contributed by atoms with van der Waals surface area (Å²) in [7, 11) is 0. The van der Waals surface area contributed by atoms with E-state index in [1.807, 2.05) is 49.4 Å². The van der Waals surface area contributed by atoms with Gasteiger partial charge in [0.25, 0.3) is 5.91 Å². The molecule has 0 unspecified atom stereocenters.